The topological polar surface area (TPSA) is 215 Å². The van der Waals surface area contributed by atoms with E-state index in [2.05, 4.69) is 54.5 Å². The van der Waals surface area contributed by atoms with Gasteiger partial charge in [0.25, 0.3) is 11.8 Å². The summed E-state index contributed by atoms with van der Waals surface area (Å²) in [5.74, 6) is 0.0803. The van der Waals surface area contributed by atoms with Gasteiger partial charge in [0.05, 0.1) is 51.8 Å². The number of amides is 2. The zero-order chi connectivity index (χ0) is 50.5. The molecule has 17 heteroatoms. The number of methoxy groups -OCH3 is 1. The summed E-state index contributed by atoms with van der Waals surface area (Å²) in [6, 6.07) is 30.3. The number of likely N-dealkylation sites (N-methyl/N-ethyl adjacent to an activating group) is 1. The number of nitrogens with one attached hydrogen (secondary N) is 3. The van der Waals surface area contributed by atoms with Crippen LogP contribution >= 0.6 is 0 Å². The Labute approximate surface area is 409 Å². The number of aromatic nitrogens is 2. The number of carbonyl (C=O) groups is 2. The molecule has 0 aliphatic rings. The summed E-state index contributed by atoms with van der Waals surface area (Å²) >= 11 is 0. The molecule has 7 rings (SSSR count). The van der Waals surface area contributed by atoms with E-state index in [1.165, 1.54) is 54.6 Å². The number of aromatic hydroxyl groups is 1. The van der Waals surface area contributed by atoms with E-state index in [1.54, 1.807) is 56.4 Å². The second-order valence-electron chi connectivity index (χ2n) is 18.8. The number of phenolic OH excluding ortho intramolecular Hbond substituents is 1. The fourth-order valence-electron chi connectivity index (χ4n) is 7.83. The number of benzene rings is 5. The number of sulfone groups is 1. The number of H-pyrrole nitrogens is 1. The normalized spacial score (nSPS) is 12.5. The van der Waals surface area contributed by atoms with Crippen LogP contribution in [0.15, 0.2) is 130 Å². The smallest absolute Gasteiger partial charge is 0.253 e. The van der Waals surface area contributed by atoms with Crippen molar-refractivity contribution in [3.63, 3.8) is 0 Å². The van der Waals surface area contributed by atoms with Crippen LogP contribution in [0.3, 0.4) is 0 Å². The number of anilines is 2. The molecule has 2 amide bonds. The van der Waals surface area contributed by atoms with Crippen LogP contribution in [0.5, 0.6) is 17.2 Å². The van der Waals surface area contributed by atoms with Gasteiger partial charge in [0.1, 0.15) is 23.9 Å². The third kappa shape index (κ3) is 11.3. The summed E-state index contributed by atoms with van der Waals surface area (Å²) in [6.45, 7) is 14.3. The molecule has 1 unspecified atom stereocenters. The van der Waals surface area contributed by atoms with Gasteiger partial charge in [-0.2, -0.15) is 0 Å². The molecule has 366 valence electrons. The summed E-state index contributed by atoms with van der Waals surface area (Å²) in [4.78, 5) is 46.9. The highest BCUT2D eigenvalue weighted by Crippen LogP contribution is 2.41. The minimum Gasteiger partial charge on any atom is -0.506 e. The lowest BCUT2D eigenvalue weighted by Crippen LogP contribution is -2.43. The molecule has 2 heterocycles. The number of aromatic amines is 1. The van der Waals surface area contributed by atoms with Crippen LogP contribution in [0.4, 0.5) is 11.4 Å². The molecule has 0 saturated heterocycles. The van der Waals surface area contributed by atoms with Crippen molar-refractivity contribution in [3.8, 4) is 17.2 Å². The summed E-state index contributed by atoms with van der Waals surface area (Å²) in [6.07, 6.45) is 1.77. The summed E-state index contributed by atoms with van der Waals surface area (Å²) in [7, 11) is -3.25. The maximum atomic E-state index is 14.3. The van der Waals surface area contributed by atoms with Crippen LogP contribution in [0.25, 0.3) is 21.8 Å². The van der Waals surface area contributed by atoms with Crippen LogP contribution < -0.4 is 31.4 Å². The fourth-order valence-corrected chi connectivity index (χ4v) is 10.5. The molecule has 5 aromatic carbocycles. The van der Waals surface area contributed by atoms with Gasteiger partial charge in [0.2, 0.25) is 15.4 Å². The first kappa shape index (κ1) is 50.8. The molecule has 0 saturated carbocycles. The molecule has 0 spiro atoms. The van der Waals surface area contributed by atoms with Crippen molar-refractivity contribution in [1.82, 2.24) is 20.2 Å². The van der Waals surface area contributed by atoms with Gasteiger partial charge in [-0.1, -0.05) is 51.1 Å². The maximum absolute atomic E-state index is 14.3. The lowest BCUT2D eigenvalue weighted by atomic mass is 10.0. The Kier molecular flexibility index (Phi) is 15.2. The van der Waals surface area contributed by atoms with Gasteiger partial charge in [0.15, 0.2) is 8.32 Å². The maximum Gasteiger partial charge on any atom is 0.253 e. The molecule has 0 aliphatic carbocycles. The number of pyridine rings is 2. The number of nitrogens with two attached hydrogens (primary N) is 1. The minimum atomic E-state index is -4.18. The molecule has 6 N–H and O–H groups in total. The predicted octanol–water partition coefficient (Wildman–Crippen LogP) is 8.82. The van der Waals surface area contributed by atoms with Gasteiger partial charge in [-0.3, -0.25) is 19.4 Å². The Balaban J connectivity index is 0.967. The number of carbonyl (C=O) groups excluding carboxylic acids is 2. The first-order valence-corrected chi connectivity index (χ1v) is 27.3. The van der Waals surface area contributed by atoms with Crippen LogP contribution in [0.1, 0.15) is 64.3 Å². The van der Waals surface area contributed by atoms with Gasteiger partial charge in [-0.05, 0) is 121 Å². The molecular weight excluding hydrogens is 925 g/mol. The first-order valence-electron chi connectivity index (χ1n) is 22.9. The standard InChI is InChI=1S/C53H60N6O9SSi/c1-33-27-40(30-43-48(33)56-31-44(51(54)62)49(43)57-36-12-10-13-38(29-36)66-6)69(64,65)39-14-9-11-35(28-39)52(63)59(5)25-26-67-37-17-15-34(16-18-37)23-24-55-32-46(68-70(7,8)53(2,3)4)41-19-21-45(60)50-42(41)20-22-47(61)58-50/h9-22,27-31,46,55,60H,23-26,32H2,1-8H3,(H2,54,62)(H,56,57)(H,58,61). The van der Waals surface area contributed by atoms with Crippen molar-refractivity contribution < 1.29 is 37.0 Å². The number of primary amides is 1. The Morgan fingerprint density at radius 1 is 0.914 bits per heavy atom. The lowest BCUT2D eigenvalue weighted by molar-refractivity contribution is 0.0773. The number of rotatable bonds is 19. The minimum absolute atomic E-state index is 0.00646. The molecule has 7 aromatic rings. The van der Waals surface area contributed by atoms with E-state index in [9.17, 15) is 27.9 Å². The molecule has 2 aromatic heterocycles. The van der Waals surface area contributed by atoms with Crippen molar-refractivity contribution in [2.45, 2.75) is 68.1 Å². The second kappa shape index (κ2) is 20.9. The molecule has 1 atom stereocenters. The van der Waals surface area contributed by atoms with Crippen molar-refractivity contribution in [1.29, 1.82) is 0 Å². The van der Waals surface area contributed by atoms with Crippen molar-refractivity contribution in [2.24, 2.45) is 5.73 Å². The van der Waals surface area contributed by atoms with Gasteiger partial charge < -0.3 is 45.3 Å². The van der Waals surface area contributed by atoms with E-state index in [0.29, 0.717) is 57.9 Å². The highest BCUT2D eigenvalue weighted by atomic mass is 32.2. The predicted molar refractivity (Wildman–Crippen MR) is 276 cm³/mol. The highest BCUT2D eigenvalue weighted by Gasteiger charge is 2.40. The molecular formula is C53H60N6O9SSi. The van der Waals surface area contributed by atoms with Gasteiger partial charge >= 0.3 is 0 Å². The number of phenols is 1. The van der Waals surface area contributed by atoms with E-state index in [0.717, 1.165) is 22.9 Å². The molecule has 0 bridgehead atoms. The summed E-state index contributed by atoms with van der Waals surface area (Å²) < 4.78 is 46.8. The second-order valence-corrected chi connectivity index (χ2v) is 25.5. The van der Waals surface area contributed by atoms with E-state index >= 15 is 0 Å². The average molecular weight is 985 g/mol. The zero-order valence-corrected chi connectivity index (χ0v) is 42.5. The SMILES string of the molecule is COc1cccc(Nc2c(C(N)=O)cnc3c(C)cc(S(=O)(=O)c4cccc(C(=O)N(C)CCOc5ccc(CCNCC(O[Si](C)(C)C(C)(C)C)c6ccc(O)c7[nH]c(=O)ccc67)cc5)c4)cc23)c1. The van der Waals surface area contributed by atoms with E-state index in [-0.39, 0.29) is 62.4 Å². The molecule has 0 aliphatic heterocycles. The summed E-state index contributed by atoms with van der Waals surface area (Å²) in [5, 5.41) is 18.4. The number of fused-ring (bicyclic) bond motifs is 2. The van der Waals surface area contributed by atoms with E-state index in [1.807, 2.05) is 30.3 Å². The summed E-state index contributed by atoms with van der Waals surface area (Å²) in [5.41, 5.74) is 9.98. The van der Waals surface area contributed by atoms with Gasteiger partial charge in [-0.25, -0.2) is 8.42 Å². The van der Waals surface area contributed by atoms with Crippen LogP contribution in [0, 0.1) is 6.92 Å². The molecule has 15 nitrogen and oxygen atoms in total. The van der Waals surface area contributed by atoms with Crippen molar-refractivity contribution in [3.05, 3.63) is 154 Å². The van der Waals surface area contributed by atoms with E-state index in [4.69, 9.17) is 19.6 Å². The number of aryl methyl sites for hydroxylation is 1. The number of nitrogens with zero attached hydrogens (tertiary/aromatic N) is 2. The molecule has 0 fully saturated rings. The fraction of sp³-hybridized carbons (Fsp3) is 0.283. The monoisotopic (exact) mass is 984 g/mol. The van der Waals surface area contributed by atoms with Crippen molar-refractivity contribution in [2.75, 3.05) is 45.7 Å². The Morgan fingerprint density at radius 3 is 2.37 bits per heavy atom. The number of hydrogen-bond donors (Lipinski definition) is 5. The number of hydrogen-bond acceptors (Lipinski definition) is 12. The lowest BCUT2D eigenvalue weighted by Gasteiger charge is -2.39. The van der Waals surface area contributed by atoms with Crippen LogP contribution in [-0.4, -0.2) is 88.9 Å². The van der Waals surface area contributed by atoms with Crippen molar-refractivity contribution >= 4 is 63.1 Å². The Hall–Kier alpha value is -7.05. The van der Waals surface area contributed by atoms with E-state index < -0.39 is 24.1 Å². The van der Waals surface area contributed by atoms with Gasteiger partial charge in [-0.15, -0.1) is 0 Å². The third-order valence-electron chi connectivity index (χ3n) is 12.8. The first-order chi connectivity index (χ1) is 33.2. The highest BCUT2D eigenvalue weighted by molar-refractivity contribution is 7.91. The average Bonchev–Trinajstić information content (AvgIpc) is 3.32. The Bertz CT molecular complexity index is 3250. The zero-order valence-electron chi connectivity index (χ0n) is 40.7. The third-order valence-corrected chi connectivity index (χ3v) is 19.0. The molecule has 0 radical (unpaired) electrons. The quantitative estimate of drug-likeness (QED) is 0.0380. The number of ether oxygens (including phenoxy) is 2. The largest absolute Gasteiger partial charge is 0.506 e. The van der Waals surface area contributed by atoms with Crippen LogP contribution in [0.2, 0.25) is 18.1 Å². The van der Waals surface area contributed by atoms with Crippen LogP contribution in [-0.2, 0) is 20.7 Å². The Morgan fingerprint density at radius 2 is 1.66 bits per heavy atom. The molecule has 70 heavy (non-hydrogen) atoms. The van der Waals surface area contributed by atoms with Gasteiger partial charge in [0, 0.05) is 53.9 Å².